The standard InChI is InChI=1S/C16H16N2O3/c1-3-11-10-13(19)21-16-14(11)15(20-4-2)17-18(16)12-8-6-5-7-9-12/h5-10H,3-4H2,1-2H3. The molecular weight excluding hydrogens is 268 g/mol. The van der Waals surface area contributed by atoms with Crippen molar-refractivity contribution in [1.82, 2.24) is 9.78 Å². The van der Waals surface area contributed by atoms with Crippen LogP contribution in [0.4, 0.5) is 0 Å². The molecule has 0 unspecified atom stereocenters. The minimum Gasteiger partial charge on any atom is -0.476 e. The molecule has 0 aliphatic carbocycles. The highest BCUT2D eigenvalue weighted by Crippen LogP contribution is 2.29. The van der Waals surface area contributed by atoms with Gasteiger partial charge in [0.1, 0.15) is 5.39 Å². The van der Waals surface area contributed by atoms with Gasteiger partial charge in [0.05, 0.1) is 12.3 Å². The van der Waals surface area contributed by atoms with Crippen LogP contribution in [-0.2, 0) is 6.42 Å². The molecule has 3 rings (SSSR count). The van der Waals surface area contributed by atoms with E-state index in [0.717, 1.165) is 16.6 Å². The third kappa shape index (κ3) is 2.31. The molecule has 0 fully saturated rings. The van der Waals surface area contributed by atoms with Gasteiger partial charge in [-0.05, 0) is 31.0 Å². The molecule has 0 aliphatic heterocycles. The number of para-hydroxylation sites is 1. The highest BCUT2D eigenvalue weighted by Gasteiger charge is 2.19. The normalized spacial score (nSPS) is 11.0. The van der Waals surface area contributed by atoms with Gasteiger partial charge in [0.2, 0.25) is 11.6 Å². The number of aromatic nitrogens is 2. The highest BCUT2D eigenvalue weighted by molar-refractivity contribution is 5.84. The Morgan fingerprint density at radius 2 is 2.00 bits per heavy atom. The van der Waals surface area contributed by atoms with E-state index in [9.17, 15) is 4.79 Å². The summed E-state index contributed by atoms with van der Waals surface area (Å²) in [6, 6.07) is 11.0. The molecule has 0 saturated carbocycles. The number of rotatable bonds is 4. The Bertz CT molecular complexity index is 819. The topological polar surface area (TPSA) is 57.3 Å². The van der Waals surface area contributed by atoms with Gasteiger partial charge in [0.15, 0.2) is 0 Å². The van der Waals surface area contributed by atoms with E-state index in [2.05, 4.69) is 5.10 Å². The molecule has 3 aromatic rings. The minimum absolute atomic E-state index is 0.375. The average molecular weight is 284 g/mol. The van der Waals surface area contributed by atoms with Crippen LogP contribution < -0.4 is 10.4 Å². The minimum atomic E-state index is -0.375. The van der Waals surface area contributed by atoms with E-state index in [0.29, 0.717) is 24.6 Å². The van der Waals surface area contributed by atoms with Crippen LogP contribution in [0.2, 0.25) is 0 Å². The van der Waals surface area contributed by atoms with Crippen molar-refractivity contribution in [1.29, 1.82) is 0 Å². The number of ether oxygens (including phenoxy) is 1. The van der Waals surface area contributed by atoms with Gasteiger partial charge in [-0.25, -0.2) is 4.79 Å². The predicted molar refractivity (Wildman–Crippen MR) is 80.2 cm³/mol. The summed E-state index contributed by atoms with van der Waals surface area (Å²) in [7, 11) is 0. The van der Waals surface area contributed by atoms with Crippen LogP contribution in [0.1, 0.15) is 19.4 Å². The predicted octanol–water partition coefficient (Wildman–Crippen LogP) is 2.94. The molecule has 0 aliphatic rings. The monoisotopic (exact) mass is 284 g/mol. The SMILES string of the molecule is CCOc1nn(-c2ccccc2)c2oc(=O)cc(CC)c12. The second-order valence-electron chi connectivity index (χ2n) is 4.61. The Kier molecular flexibility index (Phi) is 3.48. The van der Waals surface area contributed by atoms with Crippen LogP contribution in [0.25, 0.3) is 16.8 Å². The van der Waals surface area contributed by atoms with Crippen LogP contribution in [-0.4, -0.2) is 16.4 Å². The number of fused-ring (bicyclic) bond motifs is 1. The summed E-state index contributed by atoms with van der Waals surface area (Å²) >= 11 is 0. The van der Waals surface area contributed by atoms with Gasteiger partial charge in [-0.15, -0.1) is 5.10 Å². The average Bonchev–Trinajstić information content (AvgIpc) is 2.86. The van der Waals surface area contributed by atoms with Crippen LogP contribution in [0.15, 0.2) is 45.6 Å². The second kappa shape index (κ2) is 5.44. The van der Waals surface area contributed by atoms with E-state index in [1.165, 1.54) is 6.07 Å². The molecule has 0 radical (unpaired) electrons. The van der Waals surface area contributed by atoms with E-state index in [1.807, 2.05) is 44.2 Å². The Morgan fingerprint density at radius 3 is 2.67 bits per heavy atom. The number of hydrogen-bond donors (Lipinski definition) is 0. The summed E-state index contributed by atoms with van der Waals surface area (Å²) in [5, 5.41) is 5.23. The molecule has 21 heavy (non-hydrogen) atoms. The first-order valence-electron chi connectivity index (χ1n) is 6.98. The molecule has 2 aromatic heterocycles. The van der Waals surface area contributed by atoms with Gasteiger partial charge < -0.3 is 9.15 Å². The lowest BCUT2D eigenvalue weighted by Gasteiger charge is -2.02. The van der Waals surface area contributed by atoms with Crippen molar-refractivity contribution < 1.29 is 9.15 Å². The fourth-order valence-corrected chi connectivity index (χ4v) is 2.35. The molecule has 0 atom stereocenters. The van der Waals surface area contributed by atoms with Crippen LogP contribution in [0, 0.1) is 0 Å². The summed E-state index contributed by atoms with van der Waals surface area (Å²) in [5.41, 5.74) is 1.75. The van der Waals surface area contributed by atoms with Gasteiger partial charge in [0, 0.05) is 6.07 Å². The summed E-state index contributed by atoms with van der Waals surface area (Å²) in [6.45, 7) is 4.39. The third-order valence-corrected chi connectivity index (χ3v) is 3.28. The molecule has 0 N–H and O–H groups in total. The zero-order chi connectivity index (χ0) is 14.8. The zero-order valence-corrected chi connectivity index (χ0v) is 12.0. The Labute approximate surface area is 121 Å². The largest absolute Gasteiger partial charge is 0.476 e. The van der Waals surface area contributed by atoms with Gasteiger partial charge in [-0.2, -0.15) is 4.68 Å². The van der Waals surface area contributed by atoms with Crippen LogP contribution in [0.5, 0.6) is 5.88 Å². The molecule has 2 heterocycles. The third-order valence-electron chi connectivity index (χ3n) is 3.28. The summed E-state index contributed by atoms with van der Waals surface area (Å²) < 4.78 is 12.6. The quantitative estimate of drug-likeness (QED) is 0.739. The lowest BCUT2D eigenvalue weighted by molar-refractivity contribution is 0.328. The number of aryl methyl sites for hydroxylation is 1. The maximum atomic E-state index is 11.8. The Hall–Kier alpha value is -2.56. The zero-order valence-electron chi connectivity index (χ0n) is 12.0. The number of benzene rings is 1. The Morgan fingerprint density at radius 1 is 1.24 bits per heavy atom. The lowest BCUT2D eigenvalue weighted by Crippen LogP contribution is -2.02. The van der Waals surface area contributed by atoms with Gasteiger partial charge in [0.25, 0.3) is 0 Å². The molecule has 0 spiro atoms. The van der Waals surface area contributed by atoms with Crippen molar-refractivity contribution in [3.63, 3.8) is 0 Å². The molecule has 0 amide bonds. The van der Waals surface area contributed by atoms with Crippen molar-refractivity contribution in [3.8, 4) is 11.6 Å². The van der Waals surface area contributed by atoms with E-state index in [4.69, 9.17) is 9.15 Å². The number of nitrogens with zero attached hydrogens (tertiary/aromatic N) is 2. The van der Waals surface area contributed by atoms with E-state index < -0.39 is 0 Å². The van der Waals surface area contributed by atoms with E-state index in [-0.39, 0.29) is 5.63 Å². The van der Waals surface area contributed by atoms with Crippen LogP contribution in [0.3, 0.4) is 0 Å². The first-order valence-corrected chi connectivity index (χ1v) is 6.98. The van der Waals surface area contributed by atoms with E-state index >= 15 is 0 Å². The van der Waals surface area contributed by atoms with Crippen molar-refractivity contribution >= 4 is 11.1 Å². The van der Waals surface area contributed by atoms with Gasteiger partial charge in [-0.3, -0.25) is 0 Å². The first kappa shape index (κ1) is 13.4. The molecule has 0 bridgehead atoms. The Balaban J connectivity index is 2.36. The molecule has 1 aromatic carbocycles. The fourth-order valence-electron chi connectivity index (χ4n) is 2.35. The molecular formula is C16H16N2O3. The summed E-state index contributed by atoms with van der Waals surface area (Å²) in [6.07, 6.45) is 0.711. The molecule has 5 nitrogen and oxygen atoms in total. The van der Waals surface area contributed by atoms with Crippen molar-refractivity contribution in [2.24, 2.45) is 0 Å². The van der Waals surface area contributed by atoms with Gasteiger partial charge >= 0.3 is 5.63 Å². The first-order chi connectivity index (χ1) is 10.2. The van der Waals surface area contributed by atoms with Crippen molar-refractivity contribution in [3.05, 3.63) is 52.4 Å². The van der Waals surface area contributed by atoms with Gasteiger partial charge in [-0.1, -0.05) is 25.1 Å². The molecule has 108 valence electrons. The molecule has 0 saturated heterocycles. The fraction of sp³-hybridized carbons (Fsp3) is 0.250. The second-order valence-corrected chi connectivity index (χ2v) is 4.61. The number of hydrogen-bond acceptors (Lipinski definition) is 4. The van der Waals surface area contributed by atoms with Crippen molar-refractivity contribution in [2.45, 2.75) is 20.3 Å². The van der Waals surface area contributed by atoms with Crippen LogP contribution >= 0.6 is 0 Å². The summed E-state index contributed by atoms with van der Waals surface area (Å²) in [5.74, 6) is 0.497. The lowest BCUT2D eigenvalue weighted by atomic mass is 10.1. The summed E-state index contributed by atoms with van der Waals surface area (Å²) in [4.78, 5) is 11.8. The van der Waals surface area contributed by atoms with E-state index in [1.54, 1.807) is 4.68 Å². The maximum absolute atomic E-state index is 11.8. The smallest absolute Gasteiger partial charge is 0.337 e. The molecule has 5 heteroatoms. The maximum Gasteiger partial charge on any atom is 0.337 e. The highest BCUT2D eigenvalue weighted by atomic mass is 16.5. The van der Waals surface area contributed by atoms with Crippen molar-refractivity contribution in [2.75, 3.05) is 6.61 Å².